The molecular weight excluding hydrogens is 220 g/mol. The minimum absolute atomic E-state index is 0.343. The first-order valence-corrected chi connectivity index (χ1v) is 4.46. The molecule has 0 fully saturated rings. The summed E-state index contributed by atoms with van der Waals surface area (Å²) in [5.74, 6) is -0.878. The van der Waals surface area contributed by atoms with Crippen LogP contribution < -0.4 is 0 Å². The van der Waals surface area contributed by atoms with Gasteiger partial charge < -0.3 is 5.11 Å². The molecule has 0 aliphatic carbocycles. The van der Waals surface area contributed by atoms with E-state index in [-0.39, 0.29) is 0 Å². The molecule has 0 radical (unpaired) electrons. The molecule has 2 nitrogen and oxygen atoms in total. The summed E-state index contributed by atoms with van der Waals surface area (Å²) >= 11 is 3.35. The van der Waals surface area contributed by atoms with Crippen molar-refractivity contribution in [1.82, 2.24) is 0 Å². The monoisotopic (exact) mass is 228 g/mol. The fraction of sp³-hybridized carbons (Fsp3) is 0.222. The van der Waals surface area contributed by atoms with Crippen molar-refractivity contribution >= 4 is 21.9 Å². The summed E-state index contributed by atoms with van der Waals surface area (Å²) in [5, 5.41) is 8.68. The van der Waals surface area contributed by atoms with E-state index < -0.39 is 5.97 Å². The van der Waals surface area contributed by atoms with E-state index in [0.29, 0.717) is 5.56 Å². The maximum absolute atomic E-state index is 10.6. The van der Waals surface area contributed by atoms with E-state index in [4.69, 9.17) is 5.11 Å². The molecule has 0 atom stereocenters. The smallest absolute Gasteiger partial charge is 0.335 e. The molecule has 0 unspecified atom stereocenters. The molecule has 0 saturated heterocycles. The third-order valence-corrected chi connectivity index (χ3v) is 2.45. The zero-order valence-electron chi connectivity index (χ0n) is 6.67. The topological polar surface area (TPSA) is 37.3 Å². The van der Waals surface area contributed by atoms with Crippen molar-refractivity contribution in [2.24, 2.45) is 0 Å². The average Bonchev–Trinajstić information content (AvgIpc) is 2.05. The molecule has 1 aromatic rings. The van der Waals surface area contributed by atoms with Crippen LogP contribution in [0.5, 0.6) is 0 Å². The van der Waals surface area contributed by atoms with Crippen molar-refractivity contribution in [3.8, 4) is 0 Å². The van der Waals surface area contributed by atoms with Gasteiger partial charge in [-0.1, -0.05) is 22.9 Å². The number of carboxylic acids is 1. The molecule has 3 heteroatoms. The second kappa shape index (κ2) is 3.72. The fourth-order valence-electron chi connectivity index (χ4n) is 0.979. The number of rotatable bonds is 2. The largest absolute Gasteiger partial charge is 0.478 e. The lowest BCUT2D eigenvalue weighted by atomic mass is 10.1. The first kappa shape index (κ1) is 9.26. The van der Waals surface area contributed by atoms with E-state index >= 15 is 0 Å². The van der Waals surface area contributed by atoms with Gasteiger partial charge >= 0.3 is 5.97 Å². The van der Waals surface area contributed by atoms with Gasteiger partial charge in [0.15, 0.2) is 0 Å². The van der Waals surface area contributed by atoms with Gasteiger partial charge in [0.05, 0.1) is 5.56 Å². The molecule has 0 aliphatic rings. The molecule has 0 amide bonds. The molecule has 0 bridgehead atoms. The van der Waals surface area contributed by atoms with Crippen LogP contribution in [-0.4, -0.2) is 11.1 Å². The summed E-state index contributed by atoms with van der Waals surface area (Å²) in [6.45, 7) is 1.99. The van der Waals surface area contributed by atoms with E-state index in [1.54, 1.807) is 18.2 Å². The molecule has 0 saturated carbocycles. The number of hydrogen-bond donors (Lipinski definition) is 1. The molecule has 12 heavy (non-hydrogen) atoms. The van der Waals surface area contributed by atoms with Gasteiger partial charge in [-0.15, -0.1) is 0 Å². The third kappa shape index (κ3) is 1.85. The van der Waals surface area contributed by atoms with Crippen LogP contribution in [0.4, 0.5) is 0 Å². The zero-order valence-corrected chi connectivity index (χ0v) is 8.26. The van der Waals surface area contributed by atoms with E-state index in [2.05, 4.69) is 15.9 Å². The van der Waals surface area contributed by atoms with E-state index in [1.807, 2.05) is 6.92 Å². The molecule has 64 valence electrons. The molecule has 1 N–H and O–H groups in total. The maximum Gasteiger partial charge on any atom is 0.335 e. The first-order valence-electron chi connectivity index (χ1n) is 3.67. The minimum atomic E-state index is -0.878. The normalized spacial score (nSPS) is 9.83. The van der Waals surface area contributed by atoms with Crippen LogP contribution in [0.15, 0.2) is 22.7 Å². The number of carboxylic acid groups (broad SMARTS) is 1. The zero-order chi connectivity index (χ0) is 9.14. The Balaban J connectivity index is 3.13. The summed E-state index contributed by atoms with van der Waals surface area (Å²) in [6, 6.07) is 5.04. The van der Waals surface area contributed by atoms with Crippen LogP contribution >= 0.6 is 15.9 Å². The third-order valence-electron chi connectivity index (χ3n) is 1.67. The van der Waals surface area contributed by atoms with Crippen LogP contribution in [-0.2, 0) is 6.42 Å². The summed E-state index contributed by atoms with van der Waals surface area (Å²) in [6.07, 6.45) is 0.835. The Bertz CT molecular complexity index is 307. The van der Waals surface area contributed by atoms with Gasteiger partial charge in [-0.05, 0) is 30.2 Å². The summed E-state index contributed by atoms with van der Waals surface area (Å²) in [5.41, 5.74) is 1.37. The van der Waals surface area contributed by atoms with Crippen LogP contribution in [0, 0.1) is 0 Å². The molecule has 0 spiro atoms. The quantitative estimate of drug-likeness (QED) is 0.846. The highest BCUT2D eigenvalue weighted by Gasteiger charge is 2.04. The Kier molecular flexibility index (Phi) is 2.87. The van der Waals surface area contributed by atoms with Crippen molar-refractivity contribution in [2.75, 3.05) is 0 Å². The van der Waals surface area contributed by atoms with E-state index in [1.165, 1.54) is 0 Å². The highest BCUT2D eigenvalue weighted by Crippen LogP contribution is 2.18. The molecule has 1 aromatic carbocycles. The Hall–Kier alpha value is -0.830. The number of halogens is 1. The Morgan fingerprint density at radius 1 is 1.58 bits per heavy atom. The van der Waals surface area contributed by atoms with Gasteiger partial charge in [-0.25, -0.2) is 4.79 Å². The van der Waals surface area contributed by atoms with Crippen LogP contribution in [0.3, 0.4) is 0 Å². The molecular formula is C9H9BrO2. The molecule has 0 aliphatic heterocycles. The second-order valence-corrected chi connectivity index (χ2v) is 3.32. The Morgan fingerprint density at radius 3 is 2.75 bits per heavy atom. The second-order valence-electron chi connectivity index (χ2n) is 2.46. The SMILES string of the molecule is CCc1cc(C(=O)O)ccc1Br. The standard InChI is InChI=1S/C9H9BrO2/c1-2-6-5-7(9(11)12)3-4-8(6)10/h3-5H,2H2,1H3,(H,11,12). The molecule has 0 heterocycles. The summed E-state index contributed by atoms with van der Waals surface area (Å²) < 4.78 is 0.968. The van der Waals surface area contributed by atoms with Gasteiger partial charge in [0.1, 0.15) is 0 Å². The summed E-state index contributed by atoms with van der Waals surface area (Å²) in [7, 11) is 0. The van der Waals surface area contributed by atoms with Crippen molar-refractivity contribution in [2.45, 2.75) is 13.3 Å². The van der Waals surface area contributed by atoms with Crippen molar-refractivity contribution in [1.29, 1.82) is 0 Å². The average molecular weight is 229 g/mol. The lowest BCUT2D eigenvalue weighted by Gasteiger charge is -2.01. The number of hydrogen-bond acceptors (Lipinski definition) is 1. The van der Waals surface area contributed by atoms with Crippen LogP contribution in [0.2, 0.25) is 0 Å². The first-order chi connectivity index (χ1) is 5.65. The van der Waals surface area contributed by atoms with Gasteiger partial charge in [0.2, 0.25) is 0 Å². The number of carbonyl (C=O) groups is 1. The lowest BCUT2D eigenvalue weighted by molar-refractivity contribution is 0.0697. The predicted molar refractivity (Wildman–Crippen MR) is 50.5 cm³/mol. The van der Waals surface area contributed by atoms with E-state index in [9.17, 15) is 4.79 Å². The van der Waals surface area contributed by atoms with Crippen molar-refractivity contribution < 1.29 is 9.90 Å². The van der Waals surface area contributed by atoms with Gasteiger partial charge in [0, 0.05) is 4.47 Å². The number of aryl methyl sites for hydroxylation is 1. The van der Waals surface area contributed by atoms with Crippen molar-refractivity contribution in [3.63, 3.8) is 0 Å². The lowest BCUT2D eigenvalue weighted by Crippen LogP contribution is -1.97. The molecule has 1 rings (SSSR count). The molecule has 0 aromatic heterocycles. The Labute approximate surface area is 79.3 Å². The van der Waals surface area contributed by atoms with Gasteiger partial charge in [-0.2, -0.15) is 0 Å². The minimum Gasteiger partial charge on any atom is -0.478 e. The maximum atomic E-state index is 10.6. The predicted octanol–water partition coefficient (Wildman–Crippen LogP) is 2.71. The van der Waals surface area contributed by atoms with Crippen LogP contribution in [0.1, 0.15) is 22.8 Å². The highest BCUT2D eigenvalue weighted by atomic mass is 79.9. The van der Waals surface area contributed by atoms with Gasteiger partial charge in [0.25, 0.3) is 0 Å². The van der Waals surface area contributed by atoms with Crippen molar-refractivity contribution in [3.05, 3.63) is 33.8 Å². The van der Waals surface area contributed by atoms with Gasteiger partial charge in [-0.3, -0.25) is 0 Å². The fourth-order valence-corrected chi connectivity index (χ4v) is 1.51. The Morgan fingerprint density at radius 2 is 2.25 bits per heavy atom. The summed E-state index contributed by atoms with van der Waals surface area (Å²) in [4.78, 5) is 10.6. The van der Waals surface area contributed by atoms with E-state index in [0.717, 1.165) is 16.5 Å². The number of aromatic carboxylic acids is 1. The van der Waals surface area contributed by atoms with Crippen LogP contribution in [0.25, 0.3) is 0 Å². The highest BCUT2D eigenvalue weighted by molar-refractivity contribution is 9.10. The number of benzene rings is 1.